The Bertz CT molecular complexity index is 1380. The van der Waals surface area contributed by atoms with Crippen LogP contribution in [0, 0.1) is 61.2 Å². The fourth-order valence-corrected chi connectivity index (χ4v) is 4.63. The van der Waals surface area contributed by atoms with Gasteiger partial charge in [0.1, 0.15) is 11.7 Å². The molecule has 4 aromatic carbocycles. The second kappa shape index (κ2) is 15.1. The number of halogens is 1. The van der Waals surface area contributed by atoms with Gasteiger partial charge in [0.05, 0.1) is 0 Å². The standard InChI is InChI=1S/C32H32FN3O2.Ac/c33-29-11-5-9-26(20-29)24-13-15-25(16-14-24)32(38)36-30(17-12-22-6-2-1-3-7-22)28(21-37)19-23-8-4-10-27(18-23)31(34)35;/h1-11,13-16,18,20,28,30,37H,12,17,19,21H2,(H3,34,35)(H,36,38);. The molecule has 2 unspecified atom stereocenters. The van der Waals surface area contributed by atoms with Crippen molar-refractivity contribution in [2.24, 2.45) is 11.7 Å². The molecule has 4 aromatic rings. The maximum atomic E-state index is 13.6. The van der Waals surface area contributed by atoms with Gasteiger partial charge in [0, 0.05) is 73.8 Å². The molecule has 0 fully saturated rings. The van der Waals surface area contributed by atoms with Gasteiger partial charge >= 0.3 is 0 Å². The van der Waals surface area contributed by atoms with E-state index in [9.17, 15) is 14.3 Å². The summed E-state index contributed by atoms with van der Waals surface area (Å²) >= 11 is 0. The first-order valence-corrected chi connectivity index (χ1v) is 12.7. The van der Waals surface area contributed by atoms with E-state index in [0.717, 1.165) is 28.7 Å². The van der Waals surface area contributed by atoms with E-state index in [1.807, 2.05) is 54.6 Å². The number of rotatable bonds is 11. The summed E-state index contributed by atoms with van der Waals surface area (Å²) in [5.74, 6) is -0.793. The molecule has 0 aromatic heterocycles. The molecule has 0 aliphatic heterocycles. The number of nitrogens with one attached hydrogen (secondary N) is 2. The molecule has 0 heterocycles. The Balaban J connectivity index is 0.00000420. The molecule has 0 aliphatic carbocycles. The molecule has 0 saturated carbocycles. The third-order valence-corrected chi connectivity index (χ3v) is 6.75. The zero-order valence-corrected chi connectivity index (χ0v) is 26.4. The maximum absolute atomic E-state index is 13.6. The molecule has 7 heteroatoms. The second-order valence-corrected chi connectivity index (χ2v) is 9.45. The number of aliphatic hydroxyl groups excluding tert-OH is 1. The fraction of sp³-hybridized carbons (Fsp3) is 0.188. The van der Waals surface area contributed by atoms with E-state index in [0.29, 0.717) is 24.0 Å². The van der Waals surface area contributed by atoms with Crippen molar-refractivity contribution in [1.82, 2.24) is 5.32 Å². The van der Waals surface area contributed by atoms with Crippen molar-refractivity contribution in [3.05, 3.63) is 131 Å². The van der Waals surface area contributed by atoms with Crippen molar-refractivity contribution in [3.8, 4) is 11.1 Å². The van der Waals surface area contributed by atoms with Gasteiger partial charge in [-0.05, 0) is 71.8 Å². The summed E-state index contributed by atoms with van der Waals surface area (Å²) in [6, 6.07) is 30.6. The van der Waals surface area contributed by atoms with Gasteiger partial charge in [0.2, 0.25) is 0 Å². The number of hydrogen-bond donors (Lipinski definition) is 4. The van der Waals surface area contributed by atoms with Crippen LogP contribution in [-0.4, -0.2) is 29.5 Å². The first-order valence-electron chi connectivity index (χ1n) is 12.7. The van der Waals surface area contributed by atoms with Crippen LogP contribution in [0.25, 0.3) is 11.1 Å². The predicted molar refractivity (Wildman–Crippen MR) is 150 cm³/mol. The van der Waals surface area contributed by atoms with Gasteiger partial charge in [-0.3, -0.25) is 10.2 Å². The molecule has 0 aliphatic rings. The number of amides is 1. The summed E-state index contributed by atoms with van der Waals surface area (Å²) in [4.78, 5) is 13.3. The average molecular weight is 737 g/mol. The van der Waals surface area contributed by atoms with E-state index in [4.69, 9.17) is 11.1 Å². The Labute approximate surface area is 264 Å². The number of hydrogen-bond acceptors (Lipinski definition) is 3. The van der Waals surface area contributed by atoms with E-state index in [2.05, 4.69) is 5.32 Å². The first kappa shape index (κ1) is 30.7. The number of carbonyl (C=O) groups excluding carboxylic acids is 1. The summed E-state index contributed by atoms with van der Waals surface area (Å²) in [7, 11) is 0. The molecule has 1 amide bonds. The molecule has 4 rings (SSSR count). The Kier molecular flexibility index (Phi) is 11.9. The number of aryl methyl sites for hydroxylation is 1. The predicted octanol–water partition coefficient (Wildman–Crippen LogP) is 5.36. The van der Waals surface area contributed by atoms with Crippen molar-refractivity contribution in [3.63, 3.8) is 0 Å². The van der Waals surface area contributed by atoms with Crippen LogP contribution in [-0.2, 0) is 12.8 Å². The Hall–Kier alpha value is -2.85. The van der Waals surface area contributed by atoms with E-state index >= 15 is 0 Å². The van der Waals surface area contributed by atoms with E-state index in [-0.39, 0.29) is 80.2 Å². The third kappa shape index (κ3) is 8.83. The van der Waals surface area contributed by atoms with Gasteiger partial charge in [0.25, 0.3) is 5.91 Å². The van der Waals surface area contributed by atoms with Gasteiger partial charge in [-0.2, -0.15) is 0 Å². The summed E-state index contributed by atoms with van der Waals surface area (Å²) in [6.45, 7) is -0.109. The fourth-order valence-electron chi connectivity index (χ4n) is 4.63. The Morgan fingerprint density at radius 3 is 2.21 bits per heavy atom. The van der Waals surface area contributed by atoms with Crippen LogP contribution in [0.3, 0.4) is 0 Å². The van der Waals surface area contributed by atoms with Crippen LogP contribution in [0.5, 0.6) is 0 Å². The van der Waals surface area contributed by atoms with Crippen LogP contribution in [0.1, 0.15) is 33.5 Å². The molecule has 1 radical (unpaired) electrons. The minimum Gasteiger partial charge on any atom is -0.396 e. The van der Waals surface area contributed by atoms with E-state index in [1.54, 1.807) is 36.4 Å². The molecule has 5 N–H and O–H groups in total. The minimum absolute atomic E-state index is 0. The average Bonchev–Trinajstić information content (AvgIpc) is 2.94. The number of carbonyl (C=O) groups is 1. The molecule has 5 nitrogen and oxygen atoms in total. The van der Waals surface area contributed by atoms with Crippen molar-refractivity contribution in [2.45, 2.75) is 25.3 Å². The van der Waals surface area contributed by atoms with E-state index in [1.165, 1.54) is 12.1 Å². The van der Waals surface area contributed by atoms with Crippen molar-refractivity contribution < 1.29 is 58.4 Å². The zero-order chi connectivity index (χ0) is 26.9. The monoisotopic (exact) mass is 736 g/mol. The normalized spacial score (nSPS) is 12.2. The molecule has 39 heavy (non-hydrogen) atoms. The molecule has 0 spiro atoms. The van der Waals surface area contributed by atoms with Gasteiger partial charge in [-0.25, -0.2) is 4.39 Å². The number of nitrogen functional groups attached to an aromatic ring is 1. The van der Waals surface area contributed by atoms with E-state index < -0.39 is 0 Å². The van der Waals surface area contributed by atoms with Gasteiger partial charge in [0.15, 0.2) is 0 Å². The van der Waals surface area contributed by atoms with Crippen molar-refractivity contribution in [1.29, 1.82) is 5.41 Å². The molecule has 0 bridgehead atoms. The number of aliphatic hydroxyl groups is 1. The molecular formula is C32H32AcFN3O2. The molecular weight excluding hydrogens is 704 g/mol. The molecule has 2 atom stereocenters. The van der Waals surface area contributed by atoms with Crippen LogP contribution in [0.2, 0.25) is 0 Å². The maximum Gasteiger partial charge on any atom is 0.251 e. The van der Waals surface area contributed by atoms with Gasteiger partial charge < -0.3 is 16.2 Å². The van der Waals surface area contributed by atoms with Crippen LogP contribution >= 0.6 is 0 Å². The SMILES string of the molecule is N=C(N)c1cccc(CC(CO)C(CCc2ccccc2)NC(=O)c2ccc(-c3cccc(F)c3)cc2)c1.[Ac]. The Morgan fingerprint density at radius 1 is 0.846 bits per heavy atom. The van der Waals surface area contributed by atoms with Crippen LogP contribution in [0.15, 0.2) is 103 Å². The van der Waals surface area contributed by atoms with Crippen molar-refractivity contribution >= 4 is 11.7 Å². The summed E-state index contributed by atoms with van der Waals surface area (Å²) in [5, 5.41) is 21.2. The smallest absolute Gasteiger partial charge is 0.251 e. The topological polar surface area (TPSA) is 99.2 Å². The largest absolute Gasteiger partial charge is 0.396 e. The summed E-state index contributed by atoms with van der Waals surface area (Å²) in [5.41, 5.74) is 10.4. The van der Waals surface area contributed by atoms with Crippen molar-refractivity contribution in [2.75, 3.05) is 6.61 Å². The number of amidine groups is 1. The number of nitrogens with two attached hydrogens (primary N) is 1. The summed E-state index contributed by atoms with van der Waals surface area (Å²) < 4.78 is 13.6. The molecule has 0 saturated heterocycles. The van der Waals surface area contributed by atoms with Crippen LogP contribution < -0.4 is 11.1 Å². The summed E-state index contributed by atoms with van der Waals surface area (Å²) in [6.07, 6.45) is 1.92. The Morgan fingerprint density at radius 2 is 1.54 bits per heavy atom. The minimum atomic E-state index is -0.311. The van der Waals surface area contributed by atoms with Gasteiger partial charge in [-0.15, -0.1) is 0 Å². The third-order valence-electron chi connectivity index (χ3n) is 6.75. The van der Waals surface area contributed by atoms with Gasteiger partial charge in [-0.1, -0.05) is 72.8 Å². The quantitative estimate of drug-likeness (QED) is 0.123. The molecule has 197 valence electrons. The first-order chi connectivity index (χ1) is 18.4. The second-order valence-electron chi connectivity index (χ2n) is 9.45. The number of benzene rings is 4. The van der Waals surface area contributed by atoms with Crippen LogP contribution in [0.4, 0.5) is 4.39 Å². The zero-order valence-electron chi connectivity index (χ0n) is 21.7.